The minimum absolute atomic E-state index is 0.112. The molecule has 0 spiro atoms. The van der Waals surface area contributed by atoms with Crippen LogP contribution >= 0.6 is 0 Å². The van der Waals surface area contributed by atoms with Crippen LogP contribution in [0.2, 0.25) is 0 Å². The molecule has 0 saturated carbocycles. The Hall–Kier alpha value is -3.07. The molecule has 6 heteroatoms. The van der Waals surface area contributed by atoms with Gasteiger partial charge in [-0.3, -0.25) is 9.59 Å². The lowest BCUT2D eigenvalue weighted by atomic mass is 10.2. The van der Waals surface area contributed by atoms with Gasteiger partial charge in [0, 0.05) is 24.9 Å². The number of hydrogen-bond acceptors (Lipinski definition) is 4. The Morgan fingerprint density at radius 3 is 2.86 bits per heavy atom. The van der Waals surface area contributed by atoms with E-state index in [0.29, 0.717) is 11.4 Å². The fourth-order valence-corrected chi connectivity index (χ4v) is 1.69. The number of nitrogens with zero attached hydrogens (tertiary/aromatic N) is 2. The average Bonchev–Trinajstić information content (AvgIpc) is 2.49. The van der Waals surface area contributed by atoms with E-state index in [4.69, 9.17) is 10.00 Å². The van der Waals surface area contributed by atoms with Crippen LogP contribution in [0.25, 0.3) is 0 Å². The molecular formula is C15H13N3O3. The summed E-state index contributed by atoms with van der Waals surface area (Å²) in [5, 5.41) is 11.2. The molecule has 0 aliphatic heterocycles. The van der Waals surface area contributed by atoms with Gasteiger partial charge in [-0.2, -0.15) is 5.26 Å². The number of carbonyl (C=O) groups excluding carboxylic acids is 1. The number of amides is 1. The minimum Gasteiger partial charge on any atom is -0.477 e. The predicted molar refractivity (Wildman–Crippen MR) is 77.2 cm³/mol. The van der Waals surface area contributed by atoms with Crippen molar-refractivity contribution in [3.63, 3.8) is 0 Å². The lowest BCUT2D eigenvalue weighted by Gasteiger charge is -2.10. The summed E-state index contributed by atoms with van der Waals surface area (Å²) in [5.41, 5.74) is 0.434. The van der Waals surface area contributed by atoms with Gasteiger partial charge in [0.05, 0.1) is 5.69 Å². The molecule has 6 nitrogen and oxygen atoms in total. The van der Waals surface area contributed by atoms with E-state index in [9.17, 15) is 9.59 Å². The summed E-state index contributed by atoms with van der Waals surface area (Å²) in [6.45, 7) is -0.112. The molecule has 0 atom stereocenters. The van der Waals surface area contributed by atoms with Crippen molar-refractivity contribution in [1.29, 1.82) is 5.26 Å². The van der Waals surface area contributed by atoms with E-state index in [1.165, 1.54) is 16.8 Å². The van der Waals surface area contributed by atoms with Gasteiger partial charge in [-0.15, -0.1) is 0 Å². The highest BCUT2D eigenvalue weighted by atomic mass is 16.5. The van der Waals surface area contributed by atoms with Gasteiger partial charge in [-0.1, -0.05) is 12.1 Å². The first-order valence-corrected chi connectivity index (χ1v) is 6.18. The lowest BCUT2D eigenvalue weighted by molar-refractivity contribution is 0.102. The number of benzene rings is 1. The fraction of sp³-hybridized carbons (Fsp3) is 0.133. The molecule has 2 rings (SSSR count). The van der Waals surface area contributed by atoms with E-state index in [2.05, 4.69) is 5.32 Å². The summed E-state index contributed by atoms with van der Waals surface area (Å²) in [6.07, 6.45) is 1.52. The van der Waals surface area contributed by atoms with Gasteiger partial charge in [0.15, 0.2) is 6.61 Å². The van der Waals surface area contributed by atoms with Gasteiger partial charge < -0.3 is 14.6 Å². The van der Waals surface area contributed by atoms with Gasteiger partial charge in [0.25, 0.3) is 11.5 Å². The second-order valence-corrected chi connectivity index (χ2v) is 4.26. The molecule has 1 amide bonds. The number of aryl methyl sites for hydroxylation is 1. The number of para-hydroxylation sites is 2. The average molecular weight is 283 g/mol. The van der Waals surface area contributed by atoms with Crippen molar-refractivity contribution in [2.45, 2.75) is 0 Å². The van der Waals surface area contributed by atoms with Gasteiger partial charge in [0.1, 0.15) is 11.8 Å². The Labute approximate surface area is 121 Å². The molecule has 1 aromatic carbocycles. The molecule has 2 aromatic rings. The van der Waals surface area contributed by atoms with Crippen molar-refractivity contribution in [3.8, 4) is 11.8 Å². The quantitative estimate of drug-likeness (QED) is 0.922. The zero-order chi connectivity index (χ0) is 15.2. The second kappa shape index (κ2) is 6.39. The number of anilines is 1. The van der Waals surface area contributed by atoms with E-state index < -0.39 is 5.91 Å². The summed E-state index contributed by atoms with van der Waals surface area (Å²) in [7, 11) is 1.61. The molecule has 0 fully saturated rings. The number of carbonyl (C=O) groups is 1. The van der Waals surface area contributed by atoms with Crippen molar-refractivity contribution >= 4 is 11.6 Å². The summed E-state index contributed by atoms with van der Waals surface area (Å²) in [4.78, 5) is 23.7. The van der Waals surface area contributed by atoms with E-state index in [1.54, 1.807) is 37.4 Å². The van der Waals surface area contributed by atoms with Crippen LogP contribution in [0.15, 0.2) is 47.4 Å². The Morgan fingerprint density at radius 1 is 1.38 bits per heavy atom. The van der Waals surface area contributed by atoms with E-state index in [-0.39, 0.29) is 17.7 Å². The van der Waals surface area contributed by atoms with Gasteiger partial charge in [0.2, 0.25) is 0 Å². The van der Waals surface area contributed by atoms with Crippen LogP contribution in [0, 0.1) is 11.3 Å². The number of ether oxygens (including phenoxy) is 1. The van der Waals surface area contributed by atoms with Crippen LogP contribution in [0.5, 0.6) is 5.75 Å². The molecule has 0 unspecified atom stereocenters. The van der Waals surface area contributed by atoms with Crippen molar-refractivity contribution in [2.24, 2.45) is 7.05 Å². The predicted octanol–water partition coefficient (Wildman–Crippen LogP) is 1.54. The number of aromatic nitrogens is 1. The molecule has 0 bridgehead atoms. The summed E-state index contributed by atoms with van der Waals surface area (Å²) < 4.78 is 6.60. The molecule has 1 heterocycles. The number of pyridine rings is 1. The first-order chi connectivity index (χ1) is 10.1. The molecule has 1 N–H and O–H groups in total. The minimum atomic E-state index is -0.416. The molecule has 1 aromatic heterocycles. The second-order valence-electron chi connectivity index (χ2n) is 4.26. The number of nitrogens with one attached hydrogen (secondary N) is 1. The third-order valence-corrected chi connectivity index (χ3v) is 2.79. The van der Waals surface area contributed by atoms with Crippen LogP contribution in [0.4, 0.5) is 5.69 Å². The molecule has 0 aliphatic carbocycles. The van der Waals surface area contributed by atoms with E-state index in [0.717, 1.165) is 0 Å². The van der Waals surface area contributed by atoms with Gasteiger partial charge >= 0.3 is 0 Å². The third-order valence-electron chi connectivity index (χ3n) is 2.79. The SMILES string of the molecule is Cn1ccc(C(=O)Nc2ccccc2OCC#N)cc1=O. The molecule has 21 heavy (non-hydrogen) atoms. The summed E-state index contributed by atoms with van der Waals surface area (Å²) >= 11 is 0. The third kappa shape index (κ3) is 3.48. The van der Waals surface area contributed by atoms with Crippen molar-refractivity contribution in [1.82, 2.24) is 4.57 Å². The Balaban J connectivity index is 2.21. The van der Waals surface area contributed by atoms with Gasteiger partial charge in [-0.25, -0.2) is 0 Å². The van der Waals surface area contributed by atoms with E-state index >= 15 is 0 Å². The van der Waals surface area contributed by atoms with Crippen molar-refractivity contribution < 1.29 is 9.53 Å². The summed E-state index contributed by atoms with van der Waals surface area (Å²) in [6, 6.07) is 11.5. The maximum absolute atomic E-state index is 12.1. The zero-order valence-electron chi connectivity index (χ0n) is 11.4. The Morgan fingerprint density at radius 2 is 2.14 bits per heavy atom. The highest BCUT2D eigenvalue weighted by Crippen LogP contribution is 2.24. The largest absolute Gasteiger partial charge is 0.477 e. The van der Waals surface area contributed by atoms with Crippen LogP contribution in [-0.4, -0.2) is 17.1 Å². The number of hydrogen-bond donors (Lipinski definition) is 1. The smallest absolute Gasteiger partial charge is 0.256 e. The first kappa shape index (κ1) is 14.3. The summed E-state index contributed by atoms with van der Waals surface area (Å²) in [5.74, 6) is -0.0167. The molecule has 0 saturated heterocycles. The Bertz CT molecular complexity index is 759. The molecule has 0 radical (unpaired) electrons. The maximum atomic E-state index is 12.1. The van der Waals surface area contributed by atoms with Crippen LogP contribution in [-0.2, 0) is 7.05 Å². The number of rotatable bonds is 4. The van der Waals surface area contributed by atoms with Crippen molar-refractivity contribution in [2.75, 3.05) is 11.9 Å². The van der Waals surface area contributed by atoms with Crippen LogP contribution in [0.3, 0.4) is 0 Å². The van der Waals surface area contributed by atoms with Crippen LogP contribution in [0.1, 0.15) is 10.4 Å². The fourth-order valence-electron chi connectivity index (χ4n) is 1.69. The number of nitriles is 1. The topological polar surface area (TPSA) is 84.1 Å². The van der Waals surface area contributed by atoms with Crippen molar-refractivity contribution in [3.05, 3.63) is 58.5 Å². The monoisotopic (exact) mass is 283 g/mol. The maximum Gasteiger partial charge on any atom is 0.256 e. The first-order valence-electron chi connectivity index (χ1n) is 6.18. The normalized spacial score (nSPS) is 9.71. The zero-order valence-corrected chi connectivity index (χ0v) is 11.4. The lowest BCUT2D eigenvalue weighted by Crippen LogP contribution is -2.20. The standard InChI is InChI=1S/C15H13N3O3/c1-18-8-6-11(10-14(18)19)15(20)17-12-4-2-3-5-13(12)21-9-7-16/h2-6,8,10H,9H2,1H3,(H,17,20). The highest BCUT2D eigenvalue weighted by Gasteiger charge is 2.10. The van der Waals surface area contributed by atoms with E-state index in [1.807, 2.05) is 6.07 Å². The highest BCUT2D eigenvalue weighted by molar-refractivity contribution is 6.04. The molecular weight excluding hydrogens is 270 g/mol. The Kier molecular flexibility index (Phi) is 4.36. The van der Waals surface area contributed by atoms with Gasteiger partial charge in [-0.05, 0) is 18.2 Å². The van der Waals surface area contributed by atoms with Crippen LogP contribution < -0.4 is 15.6 Å². The molecule has 106 valence electrons. The molecule has 0 aliphatic rings.